The highest BCUT2D eigenvalue weighted by molar-refractivity contribution is 7.81. The highest BCUT2D eigenvalue weighted by Crippen LogP contribution is 2.19. The van der Waals surface area contributed by atoms with Gasteiger partial charge in [0.25, 0.3) is 0 Å². The lowest BCUT2D eigenvalue weighted by molar-refractivity contribution is -0.618. The van der Waals surface area contributed by atoms with Crippen molar-refractivity contribution < 1.29 is 26.4 Å². The number of hydrogen-bond donors (Lipinski definition) is 0. The van der Waals surface area contributed by atoms with Crippen molar-refractivity contribution >= 4 is 32.5 Å². The van der Waals surface area contributed by atoms with E-state index in [1.54, 1.807) is 6.07 Å². The molecule has 0 aliphatic rings. The summed E-state index contributed by atoms with van der Waals surface area (Å²) >= 11 is 0. The van der Waals surface area contributed by atoms with E-state index in [0.29, 0.717) is 11.1 Å². The molecule has 0 atom stereocenters. The quantitative estimate of drug-likeness (QED) is 0.305. The Morgan fingerprint density at radius 2 is 1.83 bits per heavy atom. The van der Waals surface area contributed by atoms with Gasteiger partial charge in [0.05, 0.1) is 13.7 Å². The van der Waals surface area contributed by atoms with Crippen LogP contribution in [0.15, 0.2) is 42.5 Å². The van der Waals surface area contributed by atoms with Crippen LogP contribution in [0.2, 0.25) is 0 Å². The van der Waals surface area contributed by atoms with E-state index >= 15 is 0 Å². The van der Waals surface area contributed by atoms with Crippen LogP contribution in [0, 0.1) is 0 Å². The standard InChI is InChI=1S/C15H15N2O5S/c1-17-13-8-4-3-7-12(13)16-15-11(6-5-9-14(15)17)10-21-23(18,19)22-20-2/h3-9H,10H2,1-2H3/q+1. The molecule has 23 heavy (non-hydrogen) atoms. The van der Waals surface area contributed by atoms with Crippen LogP contribution < -0.4 is 4.57 Å². The van der Waals surface area contributed by atoms with Gasteiger partial charge in [-0.3, -0.25) is 0 Å². The summed E-state index contributed by atoms with van der Waals surface area (Å²) < 4.78 is 33.7. The normalized spacial score (nSPS) is 12.1. The molecular formula is C15H15N2O5S+. The molecule has 0 saturated heterocycles. The zero-order valence-corrected chi connectivity index (χ0v) is 13.4. The maximum atomic E-state index is 11.4. The van der Waals surface area contributed by atoms with Gasteiger partial charge in [0, 0.05) is 17.7 Å². The van der Waals surface area contributed by atoms with Gasteiger partial charge in [-0.15, -0.1) is 0 Å². The Hall–Kier alpha value is -2.13. The predicted molar refractivity (Wildman–Crippen MR) is 82.2 cm³/mol. The minimum Gasteiger partial charge on any atom is -0.242 e. The summed E-state index contributed by atoms with van der Waals surface area (Å²) in [5, 5.41) is 0. The van der Waals surface area contributed by atoms with E-state index < -0.39 is 10.4 Å². The molecule has 0 aliphatic heterocycles. The molecule has 0 bridgehead atoms. The summed E-state index contributed by atoms with van der Waals surface area (Å²) in [6.07, 6.45) is 0. The van der Waals surface area contributed by atoms with E-state index in [1.165, 1.54) is 0 Å². The molecule has 3 aromatic rings. The van der Waals surface area contributed by atoms with Crippen molar-refractivity contribution in [3.05, 3.63) is 48.0 Å². The number of aromatic nitrogens is 2. The zero-order valence-electron chi connectivity index (χ0n) is 12.6. The third-order valence-corrected chi connectivity index (χ3v) is 4.15. The van der Waals surface area contributed by atoms with Crippen LogP contribution in [0.3, 0.4) is 0 Å². The van der Waals surface area contributed by atoms with Crippen molar-refractivity contribution in [3.8, 4) is 0 Å². The average Bonchev–Trinajstić information content (AvgIpc) is 2.53. The van der Waals surface area contributed by atoms with Gasteiger partial charge in [-0.05, 0) is 6.07 Å². The van der Waals surface area contributed by atoms with Crippen LogP contribution in [0.5, 0.6) is 0 Å². The summed E-state index contributed by atoms with van der Waals surface area (Å²) in [6, 6.07) is 13.2. The van der Waals surface area contributed by atoms with E-state index in [4.69, 9.17) is 4.18 Å². The molecule has 7 nitrogen and oxygen atoms in total. The van der Waals surface area contributed by atoms with Gasteiger partial charge in [-0.25, -0.2) is 14.1 Å². The highest BCUT2D eigenvalue weighted by atomic mass is 32.3. The number of hydrogen-bond acceptors (Lipinski definition) is 6. The van der Waals surface area contributed by atoms with Crippen LogP contribution >= 0.6 is 0 Å². The second-order valence-corrected chi connectivity index (χ2v) is 6.04. The van der Waals surface area contributed by atoms with E-state index in [0.717, 1.165) is 23.7 Å². The van der Waals surface area contributed by atoms with Gasteiger partial charge in [-0.2, -0.15) is 13.0 Å². The molecule has 0 aliphatic carbocycles. The smallest absolute Gasteiger partial charge is 0.242 e. The van der Waals surface area contributed by atoms with Crippen LogP contribution in [-0.2, 0) is 37.5 Å². The van der Waals surface area contributed by atoms with Crippen LogP contribution in [-0.4, -0.2) is 20.5 Å². The number of para-hydroxylation sites is 3. The molecule has 0 unspecified atom stereocenters. The zero-order chi connectivity index (χ0) is 16.4. The first-order chi connectivity index (χ1) is 11.0. The summed E-state index contributed by atoms with van der Waals surface area (Å²) in [6.45, 7) is -0.200. The maximum absolute atomic E-state index is 11.4. The molecule has 0 fully saturated rings. The van der Waals surface area contributed by atoms with E-state index in [-0.39, 0.29) is 6.61 Å². The SMILES string of the molecule is COOS(=O)(=O)OCc1cccc2c1nc1ccccc1[n+]2C. The topological polar surface area (TPSA) is 78.6 Å². The fourth-order valence-electron chi connectivity index (χ4n) is 2.43. The molecule has 0 spiro atoms. The van der Waals surface area contributed by atoms with E-state index in [2.05, 4.69) is 14.2 Å². The van der Waals surface area contributed by atoms with Gasteiger partial charge in [0.1, 0.15) is 18.1 Å². The minimum atomic E-state index is -4.21. The third-order valence-electron chi connectivity index (χ3n) is 3.45. The molecule has 0 amide bonds. The maximum Gasteiger partial charge on any atom is 0.426 e. The molecule has 0 N–H and O–H groups in total. The third kappa shape index (κ3) is 3.15. The van der Waals surface area contributed by atoms with Crippen molar-refractivity contribution in [2.75, 3.05) is 7.11 Å². The lowest BCUT2D eigenvalue weighted by Crippen LogP contribution is -2.30. The first-order valence-corrected chi connectivity index (χ1v) is 8.13. The van der Waals surface area contributed by atoms with Crippen molar-refractivity contribution in [1.29, 1.82) is 0 Å². The molecule has 0 saturated carbocycles. The van der Waals surface area contributed by atoms with Crippen LogP contribution in [0.25, 0.3) is 22.1 Å². The minimum absolute atomic E-state index is 0.200. The molecule has 1 aromatic heterocycles. The lowest BCUT2D eigenvalue weighted by atomic mass is 10.1. The van der Waals surface area contributed by atoms with Crippen molar-refractivity contribution in [2.45, 2.75) is 6.61 Å². The Balaban J connectivity index is 2.08. The highest BCUT2D eigenvalue weighted by Gasteiger charge is 2.18. The summed E-state index contributed by atoms with van der Waals surface area (Å²) in [5.41, 5.74) is 3.96. The number of rotatable bonds is 5. The summed E-state index contributed by atoms with van der Waals surface area (Å²) in [4.78, 5) is 8.74. The second kappa shape index (κ2) is 6.17. The van der Waals surface area contributed by atoms with Gasteiger partial charge >= 0.3 is 10.4 Å². The molecule has 120 valence electrons. The average molecular weight is 335 g/mol. The molecule has 1 heterocycles. The van der Waals surface area contributed by atoms with Gasteiger partial charge in [0.2, 0.25) is 11.0 Å². The van der Waals surface area contributed by atoms with Crippen molar-refractivity contribution in [3.63, 3.8) is 0 Å². The largest absolute Gasteiger partial charge is 0.426 e. The molecule has 8 heteroatoms. The Morgan fingerprint density at radius 3 is 2.61 bits per heavy atom. The fourth-order valence-corrected chi connectivity index (χ4v) is 2.90. The number of nitrogens with zero attached hydrogens (tertiary/aromatic N) is 2. The number of aryl methyl sites for hydroxylation is 1. The Labute approximate surface area is 133 Å². The molecule has 2 aromatic carbocycles. The van der Waals surface area contributed by atoms with Crippen molar-refractivity contribution in [1.82, 2.24) is 4.98 Å². The Kier molecular flexibility index (Phi) is 4.22. The van der Waals surface area contributed by atoms with Gasteiger partial charge < -0.3 is 0 Å². The monoisotopic (exact) mass is 335 g/mol. The first kappa shape index (κ1) is 15.8. The molecule has 3 rings (SSSR count). The van der Waals surface area contributed by atoms with Gasteiger partial charge in [0.15, 0.2) is 0 Å². The molecular weight excluding hydrogens is 320 g/mol. The van der Waals surface area contributed by atoms with E-state index in [1.807, 2.05) is 48.0 Å². The fraction of sp³-hybridized carbons (Fsp3) is 0.200. The summed E-state index contributed by atoms with van der Waals surface area (Å²) in [5.74, 6) is 0. The first-order valence-electron chi connectivity index (χ1n) is 6.80. The van der Waals surface area contributed by atoms with Crippen molar-refractivity contribution in [2.24, 2.45) is 7.05 Å². The predicted octanol–water partition coefficient (Wildman–Crippen LogP) is 1.55. The van der Waals surface area contributed by atoms with Gasteiger partial charge in [-0.1, -0.05) is 28.6 Å². The number of fused-ring (bicyclic) bond motifs is 2. The Bertz CT molecular complexity index is 972. The van der Waals surface area contributed by atoms with Crippen LogP contribution in [0.1, 0.15) is 5.56 Å². The van der Waals surface area contributed by atoms with E-state index in [9.17, 15) is 8.42 Å². The second-order valence-electron chi connectivity index (χ2n) is 4.85. The summed E-state index contributed by atoms with van der Waals surface area (Å²) in [7, 11) is -1.19. The number of benzene rings is 2. The lowest BCUT2D eigenvalue weighted by Gasteiger charge is -2.07. The Morgan fingerprint density at radius 1 is 1.09 bits per heavy atom. The van der Waals surface area contributed by atoms with Crippen LogP contribution in [0.4, 0.5) is 0 Å². The molecule has 0 radical (unpaired) electrons.